The van der Waals surface area contributed by atoms with Gasteiger partial charge < -0.3 is 4.90 Å². The molecule has 0 radical (unpaired) electrons. The molecule has 0 aromatic carbocycles. The van der Waals surface area contributed by atoms with E-state index in [-0.39, 0.29) is 11.3 Å². The van der Waals surface area contributed by atoms with E-state index in [0.717, 1.165) is 43.7 Å². The maximum Gasteiger partial charge on any atom is 0.244 e. The Kier molecular flexibility index (Phi) is 3.89. The first-order chi connectivity index (χ1) is 11.9. The molecule has 1 fully saturated rings. The Morgan fingerprint density at radius 2 is 2.12 bits per heavy atom. The second kappa shape index (κ2) is 5.97. The maximum atomic E-state index is 12.9. The molecule has 0 spiro atoms. The van der Waals surface area contributed by atoms with Crippen LogP contribution in [0, 0.1) is 5.41 Å². The summed E-state index contributed by atoms with van der Waals surface area (Å²) in [5.41, 5.74) is 3.48. The SMILES string of the molecule is Cn1cc(C2CN(C(=O)Cn3nnc4c3CCCC4)CC2(C)C)cn1. The van der Waals surface area contributed by atoms with Gasteiger partial charge in [-0.1, -0.05) is 19.1 Å². The Morgan fingerprint density at radius 3 is 2.88 bits per heavy atom. The Balaban J connectivity index is 1.49. The number of carbonyl (C=O) groups is 1. The molecule has 7 nitrogen and oxygen atoms in total. The van der Waals surface area contributed by atoms with Gasteiger partial charge in [-0.3, -0.25) is 9.48 Å². The molecule has 4 rings (SSSR count). The predicted molar refractivity (Wildman–Crippen MR) is 93.0 cm³/mol. The van der Waals surface area contributed by atoms with Crippen molar-refractivity contribution in [3.05, 3.63) is 29.3 Å². The first-order valence-electron chi connectivity index (χ1n) is 9.11. The van der Waals surface area contributed by atoms with E-state index in [2.05, 4.69) is 35.5 Å². The molecule has 1 amide bonds. The molecule has 0 bridgehead atoms. The van der Waals surface area contributed by atoms with E-state index in [4.69, 9.17) is 0 Å². The van der Waals surface area contributed by atoms with E-state index in [1.54, 1.807) is 0 Å². The van der Waals surface area contributed by atoms with Crippen molar-refractivity contribution in [3.63, 3.8) is 0 Å². The zero-order valence-electron chi connectivity index (χ0n) is 15.3. The average molecular weight is 342 g/mol. The lowest BCUT2D eigenvalue weighted by Gasteiger charge is -2.24. The Labute approximate surface area is 148 Å². The van der Waals surface area contributed by atoms with Crippen LogP contribution in [0.4, 0.5) is 0 Å². The summed E-state index contributed by atoms with van der Waals surface area (Å²) < 4.78 is 3.65. The minimum absolute atomic E-state index is 0.0421. The highest BCUT2D eigenvalue weighted by Gasteiger charge is 2.42. The summed E-state index contributed by atoms with van der Waals surface area (Å²) in [4.78, 5) is 14.9. The minimum Gasteiger partial charge on any atom is -0.340 e. The van der Waals surface area contributed by atoms with Gasteiger partial charge in [0.25, 0.3) is 0 Å². The number of nitrogens with zero attached hydrogens (tertiary/aromatic N) is 6. The lowest BCUT2D eigenvalue weighted by Crippen LogP contribution is -2.33. The fraction of sp³-hybridized carbons (Fsp3) is 0.667. The standard InChI is InChI=1S/C18H26N6O/c1-18(2)12-23(10-14(18)13-8-19-22(3)9-13)17(25)11-24-16-7-5-4-6-15(16)20-21-24/h8-9,14H,4-7,10-12H2,1-3H3. The lowest BCUT2D eigenvalue weighted by molar-refractivity contribution is -0.131. The van der Waals surface area contributed by atoms with E-state index in [1.165, 1.54) is 12.0 Å². The largest absolute Gasteiger partial charge is 0.340 e. The summed E-state index contributed by atoms with van der Waals surface area (Å²) in [6, 6.07) is 0. The highest BCUT2D eigenvalue weighted by molar-refractivity contribution is 5.76. The molecule has 25 heavy (non-hydrogen) atoms. The van der Waals surface area contributed by atoms with Crippen molar-refractivity contribution in [3.8, 4) is 0 Å². The van der Waals surface area contributed by atoms with Crippen LogP contribution in [0.15, 0.2) is 12.4 Å². The van der Waals surface area contributed by atoms with Crippen LogP contribution in [-0.4, -0.2) is 48.7 Å². The molecule has 134 valence electrons. The maximum absolute atomic E-state index is 12.9. The highest BCUT2D eigenvalue weighted by atomic mass is 16.2. The van der Waals surface area contributed by atoms with Crippen LogP contribution in [0.25, 0.3) is 0 Å². The quantitative estimate of drug-likeness (QED) is 0.848. The number of likely N-dealkylation sites (tertiary alicyclic amines) is 1. The van der Waals surface area contributed by atoms with Gasteiger partial charge >= 0.3 is 0 Å². The second-order valence-electron chi connectivity index (χ2n) is 8.11. The molecule has 2 aliphatic rings. The highest BCUT2D eigenvalue weighted by Crippen LogP contribution is 2.42. The van der Waals surface area contributed by atoms with E-state index >= 15 is 0 Å². The van der Waals surface area contributed by atoms with Crippen molar-refractivity contribution < 1.29 is 4.79 Å². The molecule has 2 aromatic heterocycles. The number of amides is 1. The molecule has 3 heterocycles. The number of hydrogen-bond acceptors (Lipinski definition) is 4. The number of fused-ring (bicyclic) bond motifs is 1. The monoisotopic (exact) mass is 342 g/mol. The van der Waals surface area contributed by atoms with Crippen LogP contribution in [0.1, 0.15) is 49.6 Å². The van der Waals surface area contributed by atoms with Crippen molar-refractivity contribution in [2.75, 3.05) is 13.1 Å². The molecule has 0 N–H and O–H groups in total. The normalized spacial score (nSPS) is 22.2. The van der Waals surface area contributed by atoms with Gasteiger partial charge in [-0.25, -0.2) is 4.68 Å². The zero-order chi connectivity index (χ0) is 17.6. The van der Waals surface area contributed by atoms with Crippen molar-refractivity contribution in [1.82, 2.24) is 29.7 Å². The van der Waals surface area contributed by atoms with Gasteiger partial charge in [0.15, 0.2) is 0 Å². The summed E-state index contributed by atoms with van der Waals surface area (Å²) in [6.45, 7) is 6.28. The summed E-state index contributed by atoms with van der Waals surface area (Å²) in [6.07, 6.45) is 8.30. The second-order valence-corrected chi connectivity index (χ2v) is 8.11. The number of carbonyl (C=O) groups excluding carboxylic acids is 1. The summed E-state index contributed by atoms with van der Waals surface area (Å²) in [7, 11) is 1.93. The molecule has 1 atom stereocenters. The molecule has 7 heteroatoms. The number of hydrogen-bond donors (Lipinski definition) is 0. The van der Waals surface area contributed by atoms with E-state index in [9.17, 15) is 4.79 Å². The fourth-order valence-corrected chi connectivity index (χ4v) is 4.28. The third kappa shape index (κ3) is 2.96. The average Bonchev–Trinajstić information content (AvgIpc) is 3.25. The molecule has 1 saturated heterocycles. The van der Waals surface area contributed by atoms with Gasteiger partial charge in [-0.2, -0.15) is 5.10 Å². The molecular formula is C18H26N6O. The van der Waals surface area contributed by atoms with Crippen molar-refractivity contribution in [1.29, 1.82) is 0 Å². The topological polar surface area (TPSA) is 68.8 Å². The first-order valence-corrected chi connectivity index (χ1v) is 9.11. The van der Waals surface area contributed by atoms with E-state index in [1.807, 2.05) is 27.5 Å². The predicted octanol–water partition coefficient (Wildman–Crippen LogP) is 1.54. The molecule has 0 saturated carbocycles. The third-order valence-electron chi connectivity index (χ3n) is 5.70. The van der Waals surface area contributed by atoms with Crippen LogP contribution in [0.3, 0.4) is 0 Å². The van der Waals surface area contributed by atoms with Crippen LogP contribution < -0.4 is 0 Å². The van der Waals surface area contributed by atoms with E-state index < -0.39 is 0 Å². The Morgan fingerprint density at radius 1 is 1.32 bits per heavy atom. The van der Waals surface area contributed by atoms with Crippen LogP contribution in [-0.2, 0) is 31.2 Å². The third-order valence-corrected chi connectivity index (χ3v) is 5.70. The van der Waals surface area contributed by atoms with Gasteiger partial charge in [0.2, 0.25) is 5.91 Å². The van der Waals surface area contributed by atoms with E-state index in [0.29, 0.717) is 12.5 Å². The number of aryl methyl sites for hydroxylation is 2. The van der Waals surface area contributed by atoms with Crippen molar-refractivity contribution in [2.45, 2.75) is 52.0 Å². The van der Waals surface area contributed by atoms with Gasteiger partial charge in [-0.15, -0.1) is 5.10 Å². The van der Waals surface area contributed by atoms with Crippen molar-refractivity contribution in [2.24, 2.45) is 12.5 Å². The zero-order valence-corrected chi connectivity index (χ0v) is 15.3. The molecular weight excluding hydrogens is 316 g/mol. The molecule has 1 aliphatic heterocycles. The van der Waals surface area contributed by atoms with Gasteiger partial charge in [0.05, 0.1) is 17.6 Å². The van der Waals surface area contributed by atoms with Crippen LogP contribution >= 0.6 is 0 Å². The first kappa shape index (κ1) is 16.3. The van der Waals surface area contributed by atoms with Crippen LogP contribution in [0.2, 0.25) is 0 Å². The number of rotatable bonds is 3. The lowest BCUT2D eigenvalue weighted by atomic mass is 9.79. The Bertz CT molecular complexity index is 789. The molecule has 2 aromatic rings. The van der Waals surface area contributed by atoms with Gasteiger partial charge in [0.1, 0.15) is 6.54 Å². The molecule has 1 unspecified atom stereocenters. The smallest absolute Gasteiger partial charge is 0.244 e. The summed E-state index contributed by atoms with van der Waals surface area (Å²) >= 11 is 0. The number of aromatic nitrogens is 5. The van der Waals surface area contributed by atoms with Gasteiger partial charge in [0, 0.05) is 32.3 Å². The summed E-state index contributed by atoms with van der Waals surface area (Å²) in [5, 5.41) is 12.8. The fourth-order valence-electron chi connectivity index (χ4n) is 4.28. The molecule has 1 aliphatic carbocycles. The Hall–Kier alpha value is -2.18. The summed E-state index contributed by atoms with van der Waals surface area (Å²) in [5.74, 6) is 0.451. The van der Waals surface area contributed by atoms with Crippen molar-refractivity contribution >= 4 is 5.91 Å². The van der Waals surface area contributed by atoms with Gasteiger partial charge in [-0.05, 0) is 36.7 Å². The van der Waals surface area contributed by atoms with Crippen LogP contribution in [0.5, 0.6) is 0 Å². The minimum atomic E-state index is 0.0421.